The molecule has 0 bridgehead atoms. The van der Waals surface area contributed by atoms with Crippen LogP contribution in [0.5, 0.6) is 0 Å². The van der Waals surface area contributed by atoms with Crippen molar-refractivity contribution in [3.05, 3.63) is 156 Å². The SMILES string of the molecule is C1=Cc2sc3nc(-c4cccc5ccccc45)nc(-c4ccc(-n5c6ccccc6c6c7c8ccccc8sc7c7ccccc7c65)cc4)c3c2CC1. The van der Waals surface area contributed by atoms with Crippen LogP contribution in [0.3, 0.4) is 0 Å². The molecule has 0 aliphatic heterocycles. The highest BCUT2D eigenvalue weighted by Crippen LogP contribution is 2.48. The van der Waals surface area contributed by atoms with E-state index in [1.807, 2.05) is 11.3 Å². The lowest BCUT2D eigenvalue weighted by Gasteiger charge is -2.13. The first-order chi connectivity index (χ1) is 26.3. The molecule has 5 heteroatoms. The van der Waals surface area contributed by atoms with E-state index in [2.05, 4.69) is 156 Å². The molecule has 0 saturated carbocycles. The highest BCUT2D eigenvalue weighted by molar-refractivity contribution is 7.27. The van der Waals surface area contributed by atoms with E-state index in [-0.39, 0.29) is 0 Å². The maximum Gasteiger partial charge on any atom is 0.162 e. The molecule has 3 nitrogen and oxygen atoms in total. The van der Waals surface area contributed by atoms with Crippen molar-refractivity contribution >= 4 is 102 Å². The third-order valence-corrected chi connectivity index (χ3v) is 13.4. The summed E-state index contributed by atoms with van der Waals surface area (Å²) < 4.78 is 5.17. The van der Waals surface area contributed by atoms with Gasteiger partial charge >= 0.3 is 0 Å². The highest BCUT2D eigenvalue weighted by Gasteiger charge is 2.24. The third kappa shape index (κ3) is 4.20. The summed E-state index contributed by atoms with van der Waals surface area (Å²) in [6.45, 7) is 0. The van der Waals surface area contributed by atoms with Gasteiger partial charge in [-0.1, -0.05) is 121 Å². The smallest absolute Gasteiger partial charge is 0.162 e. The third-order valence-electron chi connectivity index (χ3n) is 11.1. The molecule has 4 aromatic heterocycles. The lowest BCUT2D eigenvalue weighted by atomic mass is 9.98. The van der Waals surface area contributed by atoms with Gasteiger partial charge in [-0.3, -0.25) is 0 Å². The van der Waals surface area contributed by atoms with Gasteiger partial charge in [-0.25, -0.2) is 9.97 Å². The van der Waals surface area contributed by atoms with Crippen LogP contribution in [-0.4, -0.2) is 14.5 Å². The van der Waals surface area contributed by atoms with E-state index >= 15 is 0 Å². The van der Waals surface area contributed by atoms with E-state index in [0.717, 1.165) is 46.0 Å². The van der Waals surface area contributed by atoms with Crippen molar-refractivity contribution in [3.8, 4) is 28.3 Å². The van der Waals surface area contributed by atoms with Crippen LogP contribution in [0.1, 0.15) is 16.9 Å². The topological polar surface area (TPSA) is 30.7 Å². The summed E-state index contributed by atoms with van der Waals surface area (Å²) in [6.07, 6.45) is 6.61. The lowest BCUT2D eigenvalue weighted by molar-refractivity contribution is 1.00. The number of benzene rings is 7. The molecule has 0 amide bonds. The van der Waals surface area contributed by atoms with Crippen LogP contribution < -0.4 is 0 Å². The van der Waals surface area contributed by atoms with Crippen LogP contribution >= 0.6 is 22.7 Å². The van der Waals surface area contributed by atoms with Crippen molar-refractivity contribution in [3.63, 3.8) is 0 Å². The van der Waals surface area contributed by atoms with Crippen LogP contribution in [-0.2, 0) is 6.42 Å². The number of aryl methyl sites for hydroxylation is 1. The van der Waals surface area contributed by atoms with Gasteiger partial charge in [-0.2, -0.15) is 0 Å². The van der Waals surface area contributed by atoms with Crippen molar-refractivity contribution in [2.75, 3.05) is 0 Å². The zero-order valence-electron chi connectivity index (χ0n) is 28.5. The molecule has 0 spiro atoms. The van der Waals surface area contributed by atoms with Crippen molar-refractivity contribution < 1.29 is 0 Å². The molecule has 0 saturated heterocycles. The minimum atomic E-state index is 0.775. The lowest BCUT2D eigenvalue weighted by Crippen LogP contribution is -1.98. The number of para-hydroxylation sites is 1. The molecular formula is C48H29N3S2. The van der Waals surface area contributed by atoms with Crippen molar-refractivity contribution in [2.24, 2.45) is 0 Å². The van der Waals surface area contributed by atoms with Crippen LogP contribution in [0.25, 0.3) is 108 Å². The molecule has 0 N–H and O–H groups in total. The summed E-state index contributed by atoms with van der Waals surface area (Å²) in [7, 11) is 0. The van der Waals surface area contributed by atoms with E-state index < -0.39 is 0 Å². The molecular weight excluding hydrogens is 683 g/mol. The average Bonchev–Trinajstić information content (AvgIpc) is 3.90. The fourth-order valence-electron chi connectivity index (χ4n) is 8.78. The van der Waals surface area contributed by atoms with Crippen LogP contribution in [0.15, 0.2) is 146 Å². The summed E-state index contributed by atoms with van der Waals surface area (Å²) in [5, 5.41) is 11.4. The number of aromatic nitrogens is 3. The van der Waals surface area contributed by atoms with E-state index in [9.17, 15) is 0 Å². The Morgan fingerprint density at radius 3 is 2.19 bits per heavy atom. The van der Waals surface area contributed by atoms with Gasteiger partial charge in [0.25, 0.3) is 0 Å². The van der Waals surface area contributed by atoms with Crippen LogP contribution in [0.2, 0.25) is 0 Å². The maximum absolute atomic E-state index is 5.43. The Kier molecular flexibility index (Phi) is 6.21. The van der Waals surface area contributed by atoms with Gasteiger partial charge in [0, 0.05) is 68.8 Å². The molecule has 248 valence electrons. The van der Waals surface area contributed by atoms with Gasteiger partial charge in [-0.15, -0.1) is 22.7 Å². The average molecular weight is 712 g/mol. The molecule has 4 heterocycles. The van der Waals surface area contributed by atoms with Crippen LogP contribution in [0, 0.1) is 0 Å². The first-order valence-corrected chi connectivity index (χ1v) is 19.8. The first-order valence-electron chi connectivity index (χ1n) is 18.1. The molecule has 1 aliphatic carbocycles. The molecule has 0 fully saturated rings. The summed E-state index contributed by atoms with van der Waals surface area (Å²) in [5.41, 5.74) is 8.16. The van der Waals surface area contributed by atoms with E-state index in [1.165, 1.54) is 79.3 Å². The Morgan fingerprint density at radius 1 is 0.566 bits per heavy atom. The number of thiophene rings is 2. The zero-order chi connectivity index (χ0) is 34.6. The second kappa shape index (κ2) is 11.2. The second-order valence-electron chi connectivity index (χ2n) is 14.0. The predicted molar refractivity (Wildman–Crippen MR) is 228 cm³/mol. The van der Waals surface area contributed by atoms with E-state index in [1.54, 1.807) is 11.3 Å². The minimum absolute atomic E-state index is 0.775. The standard InChI is InChI=1S/C48H29N3S2/c1-2-14-31-28(12-1)13-11-20-34(31)47-49-44(43-37-19-7-10-23-40(37)53-48(43)50-47)29-24-26-30(27-25-29)51-38-21-8-5-17-35(38)41-42-36-18-6-9-22-39(36)52-46(42)33-16-4-3-15-32(33)45(41)51/h1-6,8-18,20-27H,7,19H2. The first kappa shape index (κ1) is 29.4. The monoisotopic (exact) mass is 711 g/mol. The predicted octanol–water partition coefficient (Wildman–Crippen LogP) is 13.8. The fraction of sp³-hybridized carbons (Fsp3) is 0.0417. The fourth-order valence-corrected chi connectivity index (χ4v) is 11.2. The van der Waals surface area contributed by atoms with Crippen molar-refractivity contribution in [2.45, 2.75) is 12.8 Å². The largest absolute Gasteiger partial charge is 0.309 e. The van der Waals surface area contributed by atoms with Crippen molar-refractivity contribution in [1.29, 1.82) is 0 Å². The Labute approximate surface area is 312 Å². The Hall–Kier alpha value is -6.14. The summed E-state index contributed by atoms with van der Waals surface area (Å²) in [6, 6.07) is 50.8. The van der Waals surface area contributed by atoms with Gasteiger partial charge in [0.1, 0.15) is 4.83 Å². The highest BCUT2D eigenvalue weighted by atomic mass is 32.1. The Bertz CT molecular complexity index is 3340. The maximum atomic E-state index is 5.43. The zero-order valence-corrected chi connectivity index (χ0v) is 30.1. The van der Waals surface area contributed by atoms with E-state index in [4.69, 9.17) is 9.97 Å². The quantitative estimate of drug-likeness (QED) is 0.183. The van der Waals surface area contributed by atoms with E-state index in [0.29, 0.717) is 0 Å². The minimum Gasteiger partial charge on any atom is -0.309 e. The van der Waals surface area contributed by atoms with Crippen LogP contribution in [0.4, 0.5) is 0 Å². The molecule has 11 aromatic rings. The van der Waals surface area contributed by atoms with Gasteiger partial charge < -0.3 is 4.57 Å². The normalized spacial score (nSPS) is 13.1. The molecule has 12 rings (SSSR count). The number of fused-ring (bicyclic) bond motifs is 14. The number of hydrogen-bond donors (Lipinski definition) is 0. The second-order valence-corrected chi connectivity index (χ2v) is 16.0. The van der Waals surface area contributed by atoms with Gasteiger partial charge in [0.15, 0.2) is 5.82 Å². The molecule has 0 unspecified atom stereocenters. The molecule has 53 heavy (non-hydrogen) atoms. The number of nitrogens with zero attached hydrogens (tertiary/aromatic N) is 3. The number of allylic oxidation sites excluding steroid dienone is 1. The molecule has 0 radical (unpaired) electrons. The summed E-state index contributed by atoms with van der Waals surface area (Å²) in [4.78, 5) is 13.0. The summed E-state index contributed by atoms with van der Waals surface area (Å²) >= 11 is 3.69. The molecule has 1 aliphatic rings. The van der Waals surface area contributed by atoms with Gasteiger partial charge in [0.2, 0.25) is 0 Å². The molecule has 0 atom stereocenters. The number of hydrogen-bond acceptors (Lipinski definition) is 4. The number of rotatable bonds is 3. The Morgan fingerprint density at radius 2 is 1.30 bits per heavy atom. The van der Waals surface area contributed by atoms with Gasteiger partial charge in [0.05, 0.1) is 16.7 Å². The van der Waals surface area contributed by atoms with Gasteiger partial charge in [-0.05, 0) is 59.5 Å². The molecule has 7 aromatic carbocycles. The Balaban J connectivity index is 1.12. The van der Waals surface area contributed by atoms with Crippen molar-refractivity contribution in [1.82, 2.24) is 14.5 Å². The summed E-state index contributed by atoms with van der Waals surface area (Å²) in [5.74, 6) is 0.775.